The first-order valence-electron chi connectivity index (χ1n) is 5.99. The van der Waals surface area contributed by atoms with Gasteiger partial charge < -0.3 is 10.6 Å². The maximum atomic E-state index is 3.56. The molecule has 3 N–H and O–H groups in total. The van der Waals surface area contributed by atoms with Crippen LogP contribution in [0.5, 0.6) is 0 Å². The lowest BCUT2D eigenvalue weighted by molar-refractivity contribution is -0.684. The fourth-order valence-corrected chi connectivity index (χ4v) is 3.81. The normalized spacial score (nSPS) is 49.8. The quantitative estimate of drug-likeness (QED) is 0.590. The van der Waals surface area contributed by atoms with Gasteiger partial charge in [0.05, 0.1) is 12.1 Å². The van der Waals surface area contributed by atoms with Crippen molar-refractivity contribution in [3.05, 3.63) is 0 Å². The summed E-state index contributed by atoms with van der Waals surface area (Å²) in [6.45, 7) is 2.57. The van der Waals surface area contributed by atoms with E-state index in [9.17, 15) is 0 Å². The van der Waals surface area contributed by atoms with Gasteiger partial charge in [0, 0.05) is 25.2 Å². The molecule has 0 aromatic carbocycles. The lowest BCUT2D eigenvalue weighted by atomic mass is 9.77. The molecule has 0 spiro atoms. The molecule has 2 bridgehead atoms. The van der Waals surface area contributed by atoms with Crippen molar-refractivity contribution in [2.24, 2.45) is 11.8 Å². The summed E-state index contributed by atoms with van der Waals surface area (Å²) >= 11 is 0. The van der Waals surface area contributed by atoms with E-state index in [1.165, 1.54) is 45.2 Å². The Morgan fingerprint density at radius 2 is 2.15 bits per heavy atom. The maximum Gasteiger partial charge on any atom is 0.0897 e. The fourth-order valence-electron chi connectivity index (χ4n) is 3.81. The van der Waals surface area contributed by atoms with Crippen LogP contribution in [0.15, 0.2) is 0 Å². The summed E-state index contributed by atoms with van der Waals surface area (Å²) in [5.41, 5.74) is 0. The topological polar surface area (TPSA) is 28.6 Å². The van der Waals surface area contributed by atoms with Crippen LogP contribution in [0.1, 0.15) is 32.1 Å². The molecule has 0 saturated carbocycles. The summed E-state index contributed by atoms with van der Waals surface area (Å²) in [6, 6.07) is 2.02. The molecule has 2 heteroatoms. The van der Waals surface area contributed by atoms with E-state index >= 15 is 0 Å². The van der Waals surface area contributed by atoms with Gasteiger partial charge in [-0.05, 0) is 31.8 Å². The third kappa shape index (κ3) is 1.40. The average Bonchev–Trinajstić information content (AvgIpc) is 2.80. The van der Waals surface area contributed by atoms with E-state index in [2.05, 4.69) is 10.6 Å². The molecule has 3 saturated heterocycles. The summed E-state index contributed by atoms with van der Waals surface area (Å²) in [6.07, 6.45) is 7.44. The van der Waals surface area contributed by atoms with Gasteiger partial charge in [-0.25, -0.2) is 0 Å². The lowest BCUT2D eigenvalue weighted by Crippen LogP contribution is -2.88. The molecule has 3 fully saturated rings. The van der Waals surface area contributed by atoms with Crippen LogP contribution in [0.3, 0.4) is 0 Å². The number of hydrogen-bond donors (Lipinski definition) is 2. The van der Waals surface area contributed by atoms with Gasteiger partial charge in [0.25, 0.3) is 0 Å². The number of nitrogens with one attached hydrogen (secondary N) is 1. The number of hydrogen-bond acceptors (Lipinski definition) is 1. The standard InChI is InChI=1S/C11H20N2/c1-2-8(7-12-5-1)10-6-9-3-4-11(10)13-9/h8-13H,1-7H2/p+1. The van der Waals surface area contributed by atoms with Gasteiger partial charge in [-0.1, -0.05) is 0 Å². The largest absolute Gasteiger partial charge is 0.341 e. The average molecular weight is 181 g/mol. The minimum absolute atomic E-state index is 1.01. The molecule has 2 nitrogen and oxygen atoms in total. The Labute approximate surface area is 80.5 Å². The van der Waals surface area contributed by atoms with Gasteiger partial charge in [0.2, 0.25) is 0 Å². The number of piperidine rings is 1. The van der Waals surface area contributed by atoms with Gasteiger partial charge in [0.15, 0.2) is 0 Å². The van der Waals surface area contributed by atoms with E-state index < -0.39 is 0 Å². The molecule has 0 aromatic heterocycles. The molecule has 74 valence electrons. The summed E-state index contributed by atoms with van der Waals surface area (Å²) in [5, 5.41) is 6.22. The van der Waals surface area contributed by atoms with Crippen molar-refractivity contribution in [1.29, 1.82) is 0 Å². The van der Waals surface area contributed by atoms with Crippen LogP contribution in [0, 0.1) is 11.8 Å². The first-order valence-corrected chi connectivity index (χ1v) is 5.99. The second-order valence-electron chi connectivity index (χ2n) is 5.20. The van der Waals surface area contributed by atoms with E-state index in [1.54, 1.807) is 0 Å². The number of fused-ring (bicyclic) bond motifs is 2. The summed E-state index contributed by atoms with van der Waals surface area (Å²) in [5.74, 6) is 2.08. The Bertz CT molecular complexity index is 187. The molecule has 4 unspecified atom stereocenters. The van der Waals surface area contributed by atoms with Gasteiger partial charge in [-0.15, -0.1) is 0 Å². The van der Waals surface area contributed by atoms with Gasteiger partial charge in [-0.2, -0.15) is 0 Å². The zero-order valence-corrected chi connectivity index (χ0v) is 8.34. The molecule has 0 radical (unpaired) electrons. The third-order valence-electron chi connectivity index (χ3n) is 4.46. The van der Waals surface area contributed by atoms with Crippen LogP contribution >= 0.6 is 0 Å². The molecule has 4 atom stereocenters. The van der Waals surface area contributed by atoms with Crippen molar-refractivity contribution in [3.8, 4) is 0 Å². The SMILES string of the molecule is C1CNCC(C2CC3CCC2[NH2+]3)C1. The summed E-state index contributed by atoms with van der Waals surface area (Å²) in [4.78, 5) is 0. The molecule has 3 aliphatic rings. The second kappa shape index (κ2) is 3.25. The zero-order valence-electron chi connectivity index (χ0n) is 8.34. The molecule has 3 aliphatic heterocycles. The Morgan fingerprint density at radius 3 is 2.77 bits per heavy atom. The van der Waals surface area contributed by atoms with E-state index in [1.807, 2.05) is 0 Å². The highest BCUT2D eigenvalue weighted by molar-refractivity contribution is 4.90. The van der Waals surface area contributed by atoms with Crippen LogP contribution < -0.4 is 10.6 Å². The highest BCUT2D eigenvalue weighted by Crippen LogP contribution is 2.35. The number of nitrogens with two attached hydrogens (primary N) is 1. The predicted molar refractivity (Wildman–Crippen MR) is 52.4 cm³/mol. The monoisotopic (exact) mass is 181 g/mol. The lowest BCUT2D eigenvalue weighted by Gasteiger charge is -2.30. The molecular weight excluding hydrogens is 160 g/mol. The smallest absolute Gasteiger partial charge is 0.0897 e. The third-order valence-corrected chi connectivity index (χ3v) is 4.46. The molecule has 0 aromatic rings. The van der Waals surface area contributed by atoms with Crippen molar-refractivity contribution in [2.45, 2.75) is 44.2 Å². The molecular formula is C11H21N2+. The van der Waals surface area contributed by atoms with Crippen molar-refractivity contribution in [2.75, 3.05) is 13.1 Å². The first kappa shape index (κ1) is 8.25. The minimum atomic E-state index is 1.01. The van der Waals surface area contributed by atoms with Crippen LogP contribution in [0.2, 0.25) is 0 Å². The Hall–Kier alpha value is -0.0800. The zero-order chi connectivity index (χ0) is 8.67. The van der Waals surface area contributed by atoms with E-state index in [0.29, 0.717) is 0 Å². The predicted octanol–water partition coefficient (Wildman–Crippen LogP) is 0.100. The van der Waals surface area contributed by atoms with Gasteiger partial charge in [0.1, 0.15) is 0 Å². The minimum Gasteiger partial charge on any atom is -0.341 e. The molecule has 0 amide bonds. The van der Waals surface area contributed by atoms with Crippen LogP contribution in [0.4, 0.5) is 0 Å². The highest BCUT2D eigenvalue weighted by Gasteiger charge is 2.46. The molecule has 3 heterocycles. The summed E-state index contributed by atoms with van der Waals surface area (Å²) in [7, 11) is 0. The van der Waals surface area contributed by atoms with E-state index in [-0.39, 0.29) is 0 Å². The Kier molecular flexibility index (Phi) is 2.06. The van der Waals surface area contributed by atoms with Crippen molar-refractivity contribution >= 4 is 0 Å². The second-order valence-corrected chi connectivity index (χ2v) is 5.20. The van der Waals surface area contributed by atoms with Crippen molar-refractivity contribution < 1.29 is 5.32 Å². The number of rotatable bonds is 1. The molecule has 13 heavy (non-hydrogen) atoms. The van der Waals surface area contributed by atoms with E-state index in [4.69, 9.17) is 0 Å². The highest BCUT2D eigenvalue weighted by atomic mass is 15.0. The maximum absolute atomic E-state index is 3.56. The van der Waals surface area contributed by atoms with Crippen molar-refractivity contribution in [1.82, 2.24) is 5.32 Å². The fraction of sp³-hybridized carbons (Fsp3) is 1.00. The van der Waals surface area contributed by atoms with E-state index in [0.717, 1.165) is 23.9 Å². The number of quaternary nitrogens is 1. The molecule has 0 aliphatic carbocycles. The first-order chi connectivity index (χ1) is 6.43. The van der Waals surface area contributed by atoms with Crippen LogP contribution in [-0.2, 0) is 0 Å². The van der Waals surface area contributed by atoms with Gasteiger partial charge in [-0.3, -0.25) is 0 Å². The molecule has 3 rings (SSSR count). The summed E-state index contributed by atoms with van der Waals surface area (Å²) < 4.78 is 0. The van der Waals surface area contributed by atoms with Gasteiger partial charge >= 0.3 is 0 Å². The Balaban J connectivity index is 1.65. The van der Waals surface area contributed by atoms with Crippen molar-refractivity contribution in [3.63, 3.8) is 0 Å². The van der Waals surface area contributed by atoms with Crippen LogP contribution in [-0.4, -0.2) is 25.2 Å². The Morgan fingerprint density at radius 1 is 1.15 bits per heavy atom. The van der Waals surface area contributed by atoms with Crippen LogP contribution in [0.25, 0.3) is 0 Å².